The number of carboxylic acids is 1. The second kappa shape index (κ2) is 6.66. The molecule has 19 heavy (non-hydrogen) atoms. The summed E-state index contributed by atoms with van der Waals surface area (Å²) in [4.78, 5) is 10.9. The first-order chi connectivity index (χ1) is 9.11. The van der Waals surface area contributed by atoms with Crippen molar-refractivity contribution in [2.45, 2.75) is 37.0 Å². The molecule has 2 N–H and O–H groups in total. The molecule has 0 bridgehead atoms. The van der Waals surface area contributed by atoms with Gasteiger partial charge in [0.25, 0.3) is 0 Å². The Hall–Kier alpha value is -0.680. The number of aromatic carboxylic acids is 1. The fourth-order valence-electron chi connectivity index (χ4n) is 2.51. The molecule has 0 aromatic heterocycles. The molecule has 1 fully saturated rings. The summed E-state index contributed by atoms with van der Waals surface area (Å²) in [6.07, 6.45) is 7.16. The minimum Gasteiger partial charge on any atom is -0.478 e. The molecular formula is C14H18BrNO2S. The SMILES string of the molecule is CSC1CCCCC1Nc1ccc(C(=O)O)cc1Br. The molecule has 2 rings (SSSR count). The van der Waals surface area contributed by atoms with Gasteiger partial charge < -0.3 is 10.4 Å². The van der Waals surface area contributed by atoms with Crippen LogP contribution in [0.3, 0.4) is 0 Å². The number of rotatable bonds is 4. The predicted molar refractivity (Wildman–Crippen MR) is 84.3 cm³/mol. The maximum absolute atomic E-state index is 10.9. The highest BCUT2D eigenvalue weighted by Crippen LogP contribution is 2.32. The molecule has 1 aromatic carbocycles. The number of carboxylic acid groups (broad SMARTS) is 1. The third-order valence-electron chi connectivity index (χ3n) is 3.56. The van der Waals surface area contributed by atoms with Crippen LogP contribution >= 0.6 is 27.7 Å². The van der Waals surface area contributed by atoms with E-state index in [0.29, 0.717) is 16.9 Å². The summed E-state index contributed by atoms with van der Waals surface area (Å²) in [5.41, 5.74) is 1.29. The van der Waals surface area contributed by atoms with Crippen LogP contribution in [0.15, 0.2) is 22.7 Å². The number of hydrogen-bond acceptors (Lipinski definition) is 3. The number of nitrogens with one attached hydrogen (secondary N) is 1. The Balaban J connectivity index is 2.11. The fraction of sp³-hybridized carbons (Fsp3) is 0.500. The Bertz CT molecular complexity index is 467. The summed E-state index contributed by atoms with van der Waals surface area (Å²) >= 11 is 5.37. The van der Waals surface area contributed by atoms with Crippen LogP contribution in [0.2, 0.25) is 0 Å². The quantitative estimate of drug-likeness (QED) is 0.858. The van der Waals surface area contributed by atoms with Crippen LogP contribution < -0.4 is 5.32 Å². The van der Waals surface area contributed by atoms with Crippen LogP contribution in [0.4, 0.5) is 5.69 Å². The van der Waals surface area contributed by atoms with Crippen molar-refractivity contribution in [2.24, 2.45) is 0 Å². The minimum absolute atomic E-state index is 0.308. The lowest BCUT2D eigenvalue weighted by Gasteiger charge is -2.32. The average molecular weight is 344 g/mol. The van der Waals surface area contributed by atoms with E-state index in [4.69, 9.17) is 5.11 Å². The number of anilines is 1. The number of carbonyl (C=O) groups is 1. The molecule has 0 spiro atoms. The Morgan fingerprint density at radius 1 is 1.42 bits per heavy atom. The van der Waals surface area contributed by atoms with Gasteiger partial charge in [-0.1, -0.05) is 12.8 Å². The van der Waals surface area contributed by atoms with Gasteiger partial charge in [0.1, 0.15) is 0 Å². The van der Waals surface area contributed by atoms with Crippen molar-refractivity contribution in [3.8, 4) is 0 Å². The Labute approximate surface area is 126 Å². The second-order valence-corrected chi connectivity index (χ2v) is 6.74. The van der Waals surface area contributed by atoms with E-state index in [1.54, 1.807) is 12.1 Å². The third kappa shape index (κ3) is 3.66. The highest BCUT2D eigenvalue weighted by atomic mass is 79.9. The Morgan fingerprint density at radius 3 is 2.79 bits per heavy atom. The predicted octanol–water partition coefficient (Wildman–Crippen LogP) is 4.23. The van der Waals surface area contributed by atoms with Crippen LogP contribution in [0, 0.1) is 0 Å². The molecule has 1 saturated carbocycles. The first-order valence-corrected chi connectivity index (χ1v) is 8.52. The maximum Gasteiger partial charge on any atom is 0.335 e. The third-order valence-corrected chi connectivity index (χ3v) is 5.39. The van der Waals surface area contributed by atoms with Crippen molar-refractivity contribution >= 4 is 39.3 Å². The number of thioether (sulfide) groups is 1. The molecule has 0 heterocycles. The molecule has 0 amide bonds. The standard InChI is InChI=1S/C14H18BrNO2S/c1-19-13-5-3-2-4-12(13)16-11-7-6-9(14(17)18)8-10(11)15/h6-8,12-13,16H,2-5H2,1H3,(H,17,18). The van der Waals surface area contributed by atoms with Crippen molar-refractivity contribution in [1.29, 1.82) is 0 Å². The largest absolute Gasteiger partial charge is 0.478 e. The first-order valence-electron chi connectivity index (χ1n) is 6.44. The molecule has 2 atom stereocenters. The molecule has 0 aliphatic heterocycles. The monoisotopic (exact) mass is 343 g/mol. The summed E-state index contributed by atoms with van der Waals surface area (Å²) in [6.45, 7) is 0. The first kappa shape index (κ1) is 14.7. The summed E-state index contributed by atoms with van der Waals surface area (Å²) in [5.74, 6) is -0.896. The van der Waals surface area contributed by atoms with Gasteiger partial charge in [-0.25, -0.2) is 4.79 Å². The molecule has 1 aliphatic rings. The van der Waals surface area contributed by atoms with Gasteiger partial charge in [-0.3, -0.25) is 0 Å². The lowest BCUT2D eigenvalue weighted by atomic mass is 9.94. The topological polar surface area (TPSA) is 49.3 Å². The van der Waals surface area contributed by atoms with Crippen molar-refractivity contribution in [3.05, 3.63) is 28.2 Å². The number of benzene rings is 1. The van der Waals surface area contributed by atoms with Crippen LogP contribution in [0.25, 0.3) is 0 Å². The van der Waals surface area contributed by atoms with Crippen LogP contribution in [0.5, 0.6) is 0 Å². The van der Waals surface area contributed by atoms with Crippen LogP contribution in [0.1, 0.15) is 36.0 Å². The lowest BCUT2D eigenvalue weighted by molar-refractivity contribution is 0.0697. The van der Waals surface area contributed by atoms with Gasteiger partial charge in [-0.05, 0) is 53.2 Å². The van der Waals surface area contributed by atoms with E-state index in [0.717, 1.165) is 10.2 Å². The van der Waals surface area contributed by atoms with Crippen molar-refractivity contribution in [2.75, 3.05) is 11.6 Å². The smallest absolute Gasteiger partial charge is 0.335 e. The fourth-order valence-corrected chi connectivity index (χ4v) is 3.94. The van der Waals surface area contributed by atoms with E-state index in [1.165, 1.54) is 25.7 Å². The average Bonchev–Trinajstić information content (AvgIpc) is 2.41. The van der Waals surface area contributed by atoms with Gasteiger partial charge in [0.2, 0.25) is 0 Å². The molecule has 1 aliphatic carbocycles. The van der Waals surface area contributed by atoms with Crippen LogP contribution in [-0.2, 0) is 0 Å². The molecule has 5 heteroatoms. The van der Waals surface area contributed by atoms with Crippen molar-refractivity contribution < 1.29 is 9.90 Å². The van der Waals surface area contributed by atoms with Gasteiger partial charge in [-0.2, -0.15) is 11.8 Å². The van der Waals surface area contributed by atoms with Gasteiger partial charge in [0, 0.05) is 21.5 Å². The van der Waals surface area contributed by atoms with Gasteiger partial charge in [-0.15, -0.1) is 0 Å². The molecule has 0 saturated heterocycles. The maximum atomic E-state index is 10.9. The second-order valence-electron chi connectivity index (χ2n) is 4.81. The summed E-state index contributed by atoms with van der Waals surface area (Å²) < 4.78 is 0.817. The van der Waals surface area contributed by atoms with Gasteiger partial charge >= 0.3 is 5.97 Å². The van der Waals surface area contributed by atoms with E-state index in [-0.39, 0.29) is 0 Å². The zero-order valence-electron chi connectivity index (χ0n) is 10.9. The molecule has 1 aromatic rings. The van der Waals surface area contributed by atoms with E-state index >= 15 is 0 Å². The normalized spacial score (nSPS) is 23.1. The molecule has 2 unspecified atom stereocenters. The van der Waals surface area contributed by atoms with Gasteiger partial charge in [0.15, 0.2) is 0 Å². The van der Waals surface area contributed by atoms with Crippen LogP contribution in [-0.4, -0.2) is 28.6 Å². The molecular weight excluding hydrogens is 326 g/mol. The minimum atomic E-state index is -0.896. The number of hydrogen-bond donors (Lipinski definition) is 2. The summed E-state index contributed by atoms with van der Waals surface area (Å²) in [7, 11) is 0. The zero-order valence-corrected chi connectivity index (χ0v) is 13.3. The van der Waals surface area contributed by atoms with Crippen molar-refractivity contribution in [3.63, 3.8) is 0 Å². The Kier molecular flexibility index (Phi) is 5.16. The molecule has 3 nitrogen and oxygen atoms in total. The highest BCUT2D eigenvalue weighted by Gasteiger charge is 2.24. The lowest BCUT2D eigenvalue weighted by Crippen LogP contribution is -2.34. The summed E-state index contributed by atoms with van der Waals surface area (Å²) in [6, 6.07) is 5.61. The number of halogens is 1. The van der Waals surface area contributed by atoms with E-state index < -0.39 is 5.97 Å². The molecule has 104 valence electrons. The molecule has 0 radical (unpaired) electrons. The van der Waals surface area contributed by atoms with E-state index in [1.807, 2.05) is 17.8 Å². The van der Waals surface area contributed by atoms with Crippen molar-refractivity contribution in [1.82, 2.24) is 0 Å². The summed E-state index contributed by atoms with van der Waals surface area (Å²) in [5, 5.41) is 13.2. The van der Waals surface area contributed by atoms with E-state index in [9.17, 15) is 4.79 Å². The Morgan fingerprint density at radius 2 is 2.16 bits per heavy atom. The zero-order chi connectivity index (χ0) is 13.8. The highest BCUT2D eigenvalue weighted by molar-refractivity contribution is 9.10. The van der Waals surface area contributed by atoms with E-state index in [2.05, 4.69) is 27.5 Å². The van der Waals surface area contributed by atoms with Gasteiger partial charge in [0.05, 0.1) is 5.56 Å².